The van der Waals surface area contributed by atoms with Gasteiger partial charge in [-0.3, -0.25) is 4.90 Å². The van der Waals surface area contributed by atoms with E-state index in [4.69, 9.17) is 23.2 Å². The Bertz CT molecular complexity index is 762. The monoisotopic (exact) mass is 390 g/mol. The average molecular weight is 391 g/mol. The SMILES string of the molecule is FC(F)(F)c1nc(Nc2ccc(Cl)cc2Cl)ncc1CN1CCCC1. The van der Waals surface area contributed by atoms with E-state index in [1.807, 2.05) is 4.90 Å². The molecule has 0 amide bonds. The van der Waals surface area contributed by atoms with E-state index in [9.17, 15) is 13.2 Å². The largest absolute Gasteiger partial charge is 0.433 e. The topological polar surface area (TPSA) is 41.1 Å². The Hall–Kier alpha value is -1.57. The second kappa shape index (κ2) is 7.35. The van der Waals surface area contributed by atoms with Crippen molar-refractivity contribution in [1.29, 1.82) is 0 Å². The van der Waals surface area contributed by atoms with E-state index in [1.165, 1.54) is 12.3 Å². The smallest absolute Gasteiger partial charge is 0.323 e. The van der Waals surface area contributed by atoms with Gasteiger partial charge in [0.05, 0.1) is 10.7 Å². The van der Waals surface area contributed by atoms with Crippen LogP contribution in [-0.4, -0.2) is 28.0 Å². The van der Waals surface area contributed by atoms with E-state index in [2.05, 4.69) is 15.3 Å². The highest BCUT2D eigenvalue weighted by Gasteiger charge is 2.36. The number of nitrogens with one attached hydrogen (secondary N) is 1. The number of alkyl halides is 3. The third-order valence-electron chi connectivity index (χ3n) is 3.90. The maximum atomic E-state index is 13.4. The van der Waals surface area contributed by atoms with Crippen molar-refractivity contribution in [2.24, 2.45) is 0 Å². The molecule has 1 aliphatic rings. The number of hydrogen-bond acceptors (Lipinski definition) is 4. The summed E-state index contributed by atoms with van der Waals surface area (Å²) >= 11 is 11.8. The molecule has 0 bridgehead atoms. The van der Waals surface area contributed by atoms with E-state index in [0.717, 1.165) is 25.9 Å². The van der Waals surface area contributed by atoms with Gasteiger partial charge in [-0.25, -0.2) is 9.97 Å². The van der Waals surface area contributed by atoms with Crippen LogP contribution in [-0.2, 0) is 12.7 Å². The molecule has 1 saturated heterocycles. The van der Waals surface area contributed by atoms with Crippen molar-refractivity contribution in [3.63, 3.8) is 0 Å². The molecule has 0 radical (unpaired) electrons. The van der Waals surface area contributed by atoms with Crippen LogP contribution in [0.5, 0.6) is 0 Å². The van der Waals surface area contributed by atoms with Gasteiger partial charge in [-0.1, -0.05) is 23.2 Å². The molecule has 0 aliphatic carbocycles. The van der Waals surface area contributed by atoms with Gasteiger partial charge in [-0.15, -0.1) is 0 Å². The predicted molar refractivity (Wildman–Crippen MR) is 91.3 cm³/mol. The van der Waals surface area contributed by atoms with Gasteiger partial charge in [-0.2, -0.15) is 13.2 Å². The van der Waals surface area contributed by atoms with Crippen molar-refractivity contribution in [3.05, 3.63) is 45.7 Å². The van der Waals surface area contributed by atoms with Crippen LogP contribution >= 0.6 is 23.2 Å². The molecule has 9 heteroatoms. The fraction of sp³-hybridized carbons (Fsp3) is 0.375. The third-order valence-corrected chi connectivity index (χ3v) is 4.45. The summed E-state index contributed by atoms with van der Waals surface area (Å²) in [5, 5.41) is 3.40. The summed E-state index contributed by atoms with van der Waals surface area (Å²) in [6, 6.07) is 4.61. The van der Waals surface area contributed by atoms with Gasteiger partial charge < -0.3 is 5.32 Å². The van der Waals surface area contributed by atoms with Crippen LogP contribution in [0, 0.1) is 0 Å². The highest BCUT2D eigenvalue weighted by Crippen LogP contribution is 2.33. The molecule has 0 spiro atoms. The molecule has 134 valence electrons. The lowest BCUT2D eigenvalue weighted by Crippen LogP contribution is -2.23. The summed E-state index contributed by atoms with van der Waals surface area (Å²) in [6.07, 6.45) is -1.34. The summed E-state index contributed by atoms with van der Waals surface area (Å²) in [6.45, 7) is 1.77. The molecule has 0 unspecified atom stereocenters. The first-order valence-corrected chi connectivity index (χ1v) is 8.46. The molecule has 0 saturated carbocycles. The van der Waals surface area contributed by atoms with Gasteiger partial charge >= 0.3 is 6.18 Å². The average Bonchev–Trinajstić information content (AvgIpc) is 3.03. The molecule has 2 heterocycles. The number of halogens is 5. The van der Waals surface area contributed by atoms with E-state index < -0.39 is 11.9 Å². The van der Waals surface area contributed by atoms with E-state index >= 15 is 0 Å². The Morgan fingerprint density at radius 2 is 1.88 bits per heavy atom. The Balaban J connectivity index is 1.88. The summed E-state index contributed by atoms with van der Waals surface area (Å²) in [4.78, 5) is 9.66. The molecule has 4 nitrogen and oxygen atoms in total. The van der Waals surface area contributed by atoms with Crippen LogP contribution in [0.15, 0.2) is 24.4 Å². The van der Waals surface area contributed by atoms with Gasteiger partial charge in [0.25, 0.3) is 0 Å². The van der Waals surface area contributed by atoms with Crippen molar-refractivity contribution in [2.75, 3.05) is 18.4 Å². The minimum atomic E-state index is -4.56. The molecule has 1 N–H and O–H groups in total. The second-order valence-electron chi connectivity index (χ2n) is 5.80. The molecular weight excluding hydrogens is 376 g/mol. The van der Waals surface area contributed by atoms with Gasteiger partial charge in [0.2, 0.25) is 5.95 Å². The standard InChI is InChI=1S/C16H15Cl2F3N4/c17-11-3-4-13(12(18)7-11)23-15-22-8-10(9-25-5-1-2-6-25)14(24-15)16(19,20)21/h3-4,7-8H,1-2,5-6,9H2,(H,22,23,24). The lowest BCUT2D eigenvalue weighted by Gasteiger charge is -2.18. The fourth-order valence-electron chi connectivity index (χ4n) is 2.72. The Morgan fingerprint density at radius 3 is 2.52 bits per heavy atom. The van der Waals surface area contributed by atoms with Crippen molar-refractivity contribution < 1.29 is 13.2 Å². The van der Waals surface area contributed by atoms with Crippen molar-refractivity contribution in [1.82, 2.24) is 14.9 Å². The first kappa shape index (κ1) is 18.2. The number of aromatic nitrogens is 2. The normalized spacial score (nSPS) is 15.6. The van der Waals surface area contributed by atoms with Crippen LogP contribution in [0.3, 0.4) is 0 Å². The first-order valence-electron chi connectivity index (χ1n) is 7.70. The summed E-state index contributed by atoms with van der Waals surface area (Å²) < 4.78 is 40.2. The van der Waals surface area contributed by atoms with Gasteiger partial charge in [0, 0.05) is 23.3 Å². The van der Waals surface area contributed by atoms with Crippen LogP contribution < -0.4 is 5.32 Å². The van der Waals surface area contributed by atoms with Gasteiger partial charge in [0.15, 0.2) is 5.69 Å². The van der Waals surface area contributed by atoms with E-state index in [-0.39, 0.29) is 23.1 Å². The molecular formula is C16H15Cl2F3N4. The van der Waals surface area contributed by atoms with Crippen molar-refractivity contribution >= 4 is 34.8 Å². The van der Waals surface area contributed by atoms with Crippen molar-refractivity contribution in [2.45, 2.75) is 25.6 Å². The molecule has 1 fully saturated rings. The first-order chi connectivity index (χ1) is 11.8. The number of anilines is 2. The van der Waals surface area contributed by atoms with E-state index in [1.54, 1.807) is 12.1 Å². The maximum Gasteiger partial charge on any atom is 0.433 e. The second-order valence-corrected chi connectivity index (χ2v) is 6.64. The summed E-state index contributed by atoms with van der Waals surface area (Å²) in [5.41, 5.74) is -0.476. The number of nitrogens with zero attached hydrogens (tertiary/aromatic N) is 3. The zero-order valence-electron chi connectivity index (χ0n) is 13.1. The fourth-order valence-corrected chi connectivity index (χ4v) is 3.18. The van der Waals surface area contributed by atoms with Crippen LogP contribution in [0.25, 0.3) is 0 Å². The number of hydrogen-bond donors (Lipinski definition) is 1. The lowest BCUT2D eigenvalue weighted by molar-refractivity contribution is -0.142. The zero-order valence-corrected chi connectivity index (χ0v) is 14.6. The van der Waals surface area contributed by atoms with Crippen molar-refractivity contribution in [3.8, 4) is 0 Å². The minimum Gasteiger partial charge on any atom is -0.323 e. The van der Waals surface area contributed by atoms with Gasteiger partial charge in [0.1, 0.15) is 0 Å². The minimum absolute atomic E-state index is 0.0714. The van der Waals surface area contributed by atoms with Crippen LogP contribution in [0.4, 0.5) is 24.8 Å². The maximum absolute atomic E-state index is 13.4. The van der Waals surface area contributed by atoms with Crippen LogP contribution in [0.1, 0.15) is 24.1 Å². The highest BCUT2D eigenvalue weighted by molar-refractivity contribution is 6.36. The molecule has 2 aromatic rings. The zero-order chi connectivity index (χ0) is 18.0. The number of rotatable bonds is 4. The third kappa shape index (κ3) is 4.54. The molecule has 1 aromatic carbocycles. The highest BCUT2D eigenvalue weighted by atomic mass is 35.5. The molecule has 0 atom stereocenters. The van der Waals surface area contributed by atoms with E-state index in [0.29, 0.717) is 10.7 Å². The number of benzene rings is 1. The summed E-state index contributed by atoms with van der Waals surface area (Å²) in [7, 11) is 0. The Morgan fingerprint density at radius 1 is 1.16 bits per heavy atom. The lowest BCUT2D eigenvalue weighted by atomic mass is 10.2. The summed E-state index contributed by atoms with van der Waals surface area (Å²) in [5.74, 6) is -0.165. The molecule has 25 heavy (non-hydrogen) atoms. The number of likely N-dealkylation sites (tertiary alicyclic amines) is 1. The Labute approximate surface area is 153 Å². The van der Waals surface area contributed by atoms with Gasteiger partial charge in [-0.05, 0) is 44.1 Å². The quantitative estimate of drug-likeness (QED) is 0.784. The Kier molecular flexibility index (Phi) is 5.36. The van der Waals surface area contributed by atoms with Crippen LogP contribution in [0.2, 0.25) is 10.0 Å². The molecule has 1 aromatic heterocycles. The molecule has 1 aliphatic heterocycles. The molecule has 3 rings (SSSR count). The predicted octanol–water partition coefficient (Wildman–Crippen LogP) is 5.14.